The van der Waals surface area contributed by atoms with Crippen LogP contribution in [0.3, 0.4) is 0 Å². The van der Waals surface area contributed by atoms with Crippen molar-refractivity contribution in [3.8, 4) is 0 Å². The van der Waals surface area contributed by atoms with E-state index in [0.717, 1.165) is 6.42 Å². The average molecular weight is 560 g/mol. The van der Waals surface area contributed by atoms with Crippen molar-refractivity contribution in [1.82, 2.24) is 0 Å². The summed E-state index contributed by atoms with van der Waals surface area (Å²) in [7, 11) is 0. The predicted octanol–water partition coefficient (Wildman–Crippen LogP) is 6.42. The van der Waals surface area contributed by atoms with Gasteiger partial charge in [-0.1, -0.05) is 13.8 Å². The van der Waals surface area contributed by atoms with E-state index >= 15 is 4.39 Å². The molecule has 0 aromatic carbocycles. The summed E-state index contributed by atoms with van der Waals surface area (Å²) in [5.74, 6) is -38.6. The van der Waals surface area contributed by atoms with Crippen molar-refractivity contribution in [3.05, 3.63) is 0 Å². The number of ether oxygens (including phenoxy) is 1. The molecule has 1 N–H and O–H groups in total. The molecule has 0 aliphatic heterocycles. The van der Waals surface area contributed by atoms with E-state index in [1.165, 1.54) is 0 Å². The number of hydrogen-bond donors (Lipinski definition) is 1. The highest BCUT2D eigenvalue weighted by Gasteiger charge is 3.01. The van der Waals surface area contributed by atoms with Crippen LogP contribution in [0.15, 0.2) is 0 Å². The third kappa shape index (κ3) is 3.19. The number of esters is 1. The Labute approximate surface area is 205 Å². The Kier molecular flexibility index (Phi) is 5.92. The average Bonchev–Trinajstić information content (AvgIpc) is 2.73. The maximum Gasteiger partial charge on any atom is 0.384 e. The van der Waals surface area contributed by atoms with E-state index in [9.17, 15) is 53.8 Å². The molecule has 5 aliphatic carbocycles. The van der Waals surface area contributed by atoms with Crippen LogP contribution in [-0.2, 0) is 9.53 Å². The minimum Gasteiger partial charge on any atom is -0.456 e. The molecule has 0 amide bonds. The Balaban J connectivity index is 1.70. The Hall–Kier alpha value is -1.34. The van der Waals surface area contributed by atoms with Gasteiger partial charge in [-0.2, -0.15) is 43.9 Å². The maximum absolute atomic E-state index is 15.3. The fourth-order valence-electron chi connectivity index (χ4n) is 7.47. The number of halogens is 11. The first-order valence-corrected chi connectivity index (χ1v) is 12.0. The van der Waals surface area contributed by atoms with E-state index in [0.29, 0.717) is 37.5 Å². The Morgan fingerprint density at radius 3 is 1.46 bits per heavy atom. The van der Waals surface area contributed by atoms with Crippen LogP contribution in [0.5, 0.6) is 0 Å². The van der Waals surface area contributed by atoms with Crippen LogP contribution in [0.1, 0.15) is 59.3 Å². The fraction of sp³-hybridized carbons (Fsp3) is 0.957. The first-order chi connectivity index (χ1) is 16.4. The number of alkyl halides is 11. The molecule has 0 aromatic rings. The molecule has 37 heavy (non-hydrogen) atoms. The summed E-state index contributed by atoms with van der Waals surface area (Å²) in [4.78, 5) is 13.0. The molecular weight excluding hydrogens is 533 g/mol. The summed E-state index contributed by atoms with van der Waals surface area (Å²) in [5.41, 5.74) is -11.6. The van der Waals surface area contributed by atoms with Crippen LogP contribution < -0.4 is 0 Å². The summed E-state index contributed by atoms with van der Waals surface area (Å²) in [5, 5.41) is 10.5. The normalized spacial score (nSPS) is 41.3. The highest BCUT2D eigenvalue weighted by Crippen LogP contribution is 2.71. The highest BCUT2D eigenvalue weighted by molar-refractivity contribution is 5.79. The first kappa shape index (κ1) is 28.7. The summed E-state index contributed by atoms with van der Waals surface area (Å²) >= 11 is 0. The van der Waals surface area contributed by atoms with Crippen molar-refractivity contribution in [2.45, 2.75) is 106 Å². The van der Waals surface area contributed by atoms with Crippen LogP contribution >= 0.6 is 0 Å². The SMILES string of the molecule is CC(C)C1(OC(=O)C(C)(O)CC2(F)C(F)(F)C(F)(F)C(F)(F)C(F)(F)C2(F)F)C2CC3CC(C2)CC1C3. The second kappa shape index (κ2) is 7.65. The number of hydrogen-bond acceptors (Lipinski definition) is 3. The molecule has 0 radical (unpaired) electrons. The predicted molar refractivity (Wildman–Crippen MR) is 105 cm³/mol. The third-order valence-corrected chi connectivity index (χ3v) is 9.19. The maximum atomic E-state index is 15.3. The summed E-state index contributed by atoms with van der Waals surface area (Å²) in [6.07, 6.45) is 0.270. The molecular formula is C23H27F11O3. The molecule has 4 bridgehead atoms. The van der Waals surface area contributed by atoms with Crippen molar-refractivity contribution in [1.29, 1.82) is 0 Å². The molecule has 0 saturated heterocycles. The zero-order valence-corrected chi connectivity index (χ0v) is 20.1. The monoisotopic (exact) mass is 560 g/mol. The lowest BCUT2D eigenvalue weighted by Gasteiger charge is -2.62. The molecule has 3 nitrogen and oxygen atoms in total. The van der Waals surface area contributed by atoms with Crippen LogP contribution in [0, 0.1) is 29.6 Å². The third-order valence-electron chi connectivity index (χ3n) is 9.19. The molecule has 14 heteroatoms. The quantitative estimate of drug-likeness (QED) is 0.312. The number of carbonyl (C=O) groups excluding carboxylic acids is 1. The van der Waals surface area contributed by atoms with Gasteiger partial charge in [0.05, 0.1) is 0 Å². The molecule has 0 aromatic heterocycles. The lowest BCUT2D eigenvalue weighted by atomic mass is 9.47. The second-order valence-corrected chi connectivity index (χ2v) is 11.8. The molecule has 0 heterocycles. The van der Waals surface area contributed by atoms with E-state index in [-0.39, 0.29) is 18.8 Å². The summed E-state index contributed by atoms with van der Waals surface area (Å²) in [6.45, 7) is 3.46. The van der Waals surface area contributed by atoms with Gasteiger partial charge in [0.15, 0.2) is 5.60 Å². The van der Waals surface area contributed by atoms with Gasteiger partial charge in [-0.05, 0) is 68.6 Å². The summed E-state index contributed by atoms with van der Waals surface area (Å²) < 4.78 is 161. The lowest BCUT2D eigenvalue weighted by molar-refractivity contribution is -0.487. The van der Waals surface area contributed by atoms with Crippen molar-refractivity contribution in [2.24, 2.45) is 29.6 Å². The van der Waals surface area contributed by atoms with E-state index in [4.69, 9.17) is 4.74 Å². The van der Waals surface area contributed by atoms with Gasteiger partial charge in [-0.15, -0.1) is 0 Å². The smallest absolute Gasteiger partial charge is 0.384 e. The number of rotatable bonds is 5. The molecule has 1 atom stereocenters. The zero-order chi connectivity index (χ0) is 28.4. The van der Waals surface area contributed by atoms with Crippen LogP contribution in [0.25, 0.3) is 0 Å². The molecule has 5 aliphatic rings. The van der Waals surface area contributed by atoms with Gasteiger partial charge in [0.2, 0.25) is 0 Å². The zero-order valence-electron chi connectivity index (χ0n) is 20.1. The molecule has 5 rings (SSSR count). The van der Waals surface area contributed by atoms with Crippen molar-refractivity contribution < 1.29 is 62.9 Å². The first-order valence-electron chi connectivity index (χ1n) is 12.0. The van der Waals surface area contributed by atoms with Crippen molar-refractivity contribution >= 4 is 5.97 Å². The van der Waals surface area contributed by atoms with Crippen molar-refractivity contribution in [3.63, 3.8) is 0 Å². The molecule has 0 spiro atoms. The van der Waals surface area contributed by atoms with Gasteiger partial charge in [0.25, 0.3) is 5.67 Å². The fourth-order valence-corrected chi connectivity index (χ4v) is 7.47. The Morgan fingerprint density at radius 2 is 1.11 bits per heavy atom. The van der Waals surface area contributed by atoms with E-state index in [2.05, 4.69) is 0 Å². The highest BCUT2D eigenvalue weighted by atomic mass is 19.4. The van der Waals surface area contributed by atoms with E-state index in [1.54, 1.807) is 13.8 Å². The van der Waals surface area contributed by atoms with E-state index < -0.39 is 64.8 Å². The molecule has 5 saturated carbocycles. The van der Waals surface area contributed by atoms with Gasteiger partial charge in [0, 0.05) is 6.42 Å². The number of carbonyl (C=O) groups is 1. The van der Waals surface area contributed by atoms with Gasteiger partial charge in [-0.3, -0.25) is 0 Å². The minimum atomic E-state index is -7.36. The lowest BCUT2D eigenvalue weighted by Crippen LogP contribution is -2.84. The van der Waals surface area contributed by atoms with Crippen LogP contribution in [0.2, 0.25) is 0 Å². The topological polar surface area (TPSA) is 46.5 Å². The standard InChI is InChI=1S/C23H27F11O3/c1-10(2)18(13-5-11-4-12(7-13)8-14(18)6-11)37-15(35)16(3,36)9-17(24)19(25,26)21(29,30)23(33,34)22(31,32)20(17,27)28/h10-14,36H,4-9H2,1-3H3. The van der Waals surface area contributed by atoms with Gasteiger partial charge < -0.3 is 9.84 Å². The second-order valence-electron chi connectivity index (χ2n) is 11.8. The van der Waals surface area contributed by atoms with Crippen LogP contribution in [0.4, 0.5) is 48.3 Å². The molecule has 214 valence electrons. The largest absolute Gasteiger partial charge is 0.456 e. The number of aliphatic hydroxyl groups is 1. The summed E-state index contributed by atoms with van der Waals surface area (Å²) in [6, 6.07) is 0. The van der Waals surface area contributed by atoms with E-state index in [1.807, 2.05) is 0 Å². The molecule has 5 fully saturated rings. The Morgan fingerprint density at radius 1 is 0.757 bits per heavy atom. The van der Waals surface area contributed by atoms with Gasteiger partial charge in [-0.25, -0.2) is 9.18 Å². The molecule has 1 unspecified atom stereocenters. The van der Waals surface area contributed by atoms with Gasteiger partial charge >= 0.3 is 35.6 Å². The van der Waals surface area contributed by atoms with Gasteiger partial charge in [0.1, 0.15) is 5.60 Å². The Bertz CT molecular complexity index is 902. The minimum absolute atomic E-state index is 0.163. The van der Waals surface area contributed by atoms with Crippen molar-refractivity contribution in [2.75, 3.05) is 0 Å². The van der Waals surface area contributed by atoms with Crippen LogP contribution in [-0.4, -0.2) is 57.6 Å².